The summed E-state index contributed by atoms with van der Waals surface area (Å²) in [5.41, 5.74) is 0.252. The van der Waals surface area contributed by atoms with Gasteiger partial charge in [0.2, 0.25) is 0 Å². The van der Waals surface area contributed by atoms with E-state index in [9.17, 15) is 0 Å². The minimum Gasteiger partial charge on any atom is -0.311 e. The van der Waals surface area contributed by atoms with Gasteiger partial charge in [-0.25, -0.2) is 0 Å². The molecule has 0 amide bonds. The average Bonchev–Trinajstić information content (AvgIpc) is 2.24. The Kier molecular flexibility index (Phi) is 5.77. The maximum Gasteiger partial charge on any atom is 0.0220 e. The van der Waals surface area contributed by atoms with Crippen molar-refractivity contribution in [2.75, 3.05) is 19.6 Å². The lowest BCUT2D eigenvalue weighted by atomic mass is 10.0. The second kappa shape index (κ2) is 6.61. The first-order valence-electron chi connectivity index (χ1n) is 7.02. The smallest absolute Gasteiger partial charge is 0.0220 e. The molecule has 1 aliphatic rings. The van der Waals surface area contributed by atoms with Crippen molar-refractivity contribution in [3.8, 4) is 0 Å². The molecule has 0 aliphatic carbocycles. The number of nitrogens with one attached hydrogen (secondary N) is 1. The number of nitrogens with zero attached hydrogens (tertiary/aromatic N) is 1. The maximum atomic E-state index is 3.66. The monoisotopic (exact) mass is 226 g/mol. The fraction of sp³-hybridized carbons (Fsp3) is 1.00. The molecule has 0 aromatic heterocycles. The molecule has 0 saturated carbocycles. The molecular formula is C14H30N2. The number of rotatable bonds is 5. The molecule has 1 unspecified atom stereocenters. The van der Waals surface area contributed by atoms with Crippen LogP contribution in [0.3, 0.4) is 0 Å². The first kappa shape index (κ1) is 14.0. The summed E-state index contributed by atoms with van der Waals surface area (Å²) in [6.45, 7) is 12.9. The van der Waals surface area contributed by atoms with E-state index in [1.165, 1.54) is 45.2 Å². The highest BCUT2D eigenvalue weighted by molar-refractivity contribution is 4.80. The molecule has 1 N–H and O–H groups in total. The largest absolute Gasteiger partial charge is 0.311 e. The van der Waals surface area contributed by atoms with E-state index in [2.05, 4.69) is 37.9 Å². The molecule has 1 saturated heterocycles. The summed E-state index contributed by atoms with van der Waals surface area (Å²) in [6, 6.07) is 0.754. The predicted molar refractivity (Wildman–Crippen MR) is 71.9 cm³/mol. The predicted octanol–water partition coefficient (Wildman–Crippen LogP) is 3.03. The second-order valence-corrected chi connectivity index (χ2v) is 6.17. The van der Waals surface area contributed by atoms with Gasteiger partial charge in [-0.2, -0.15) is 0 Å². The Morgan fingerprint density at radius 2 is 1.75 bits per heavy atom. The highest BCUT2D eigenvalue weighted by Gasteiger charge is 2.21. The summed E-state index contributed by atoms with van der Waals surface area (Å²) >= 11 is 0. The lowest BCUT2D eigenvalue weighted by molar-refractivity contribution is 0.145. The molecule has 0 radical (unpaired) electrons. The SMILES string of the molecule is CCCC(CNC(C)(C)C)N1CCCCC1. The summed E-state index contributed by atoms with van der Waals surface area (Å²) in [6.07, 6.45) is 6.86. The van der Waals surface area contributed by atoms with Crippen molar-refractivity contribution in [2.24, 2.45) is 0 Å². The summed E-state index contributed by atoms with van der Waals surface area (Å²) in [4.78, 5) is 2.70. The molecule has 2 nitrogen and oxygen atoms in total. The molecular weight excluding hydrogens is 196 g/mol. The molecule has 0 spiro atoms. The van der Waals surface area contributed by atoms with Crippen LogP contribution < -0.4 is 5.32 Å². The van der Waals surface area contributed by atoms with Gasteiger partial charge in [0.05, 0.1) is 0 Å². The fourth-order valence-corrected chi connectivity index (χ4v) is 2.45. The topological polar surface area (TPSA) is 15.3 Å². The van der Waals surface area contributed by atoms with Gasteiger partial charge in [-0.15, -0.1) is 0 Å². The van der Waals surface area contributed by atoms with Gasteiger partial charge in [0.15, 0.2) is 0 Å². The van der Waals surface area contributed by atoms with Crippen LogP contribution in [0.1, 0.15) is 59.8 Å². The standard InChI is InChI=1S/C14H30N2/c1-5-9-13(12-15-14(2,3)4)16-10-7-6-8-11-16/h13,15H,5-12H2,1-4H3. The van der Waals surface area contributed by atoms with E-state index in [4.69, 9.17) is 0 Å². The van der Waals surface area contributed by atoms with Crippen LogP contribution in [0, 0.1) is 0 Å². The molecule has 1 heterocycles. The van der Waals surface area contributed by atoms with Gasteiger partial charge in [0.1, 0.15) is 0 Å². The Morgan fingerprint density at radius 3 is 2.25 bits per heavy atom. The number of hydrogen-bond donors (Lipinski definition) is 1. The first-order chi connectivity index (χ1) is 7.53. The number of likely N-dealkylation sites (tertiary alicyclic amines) is 1. The normalized spacial score (nSPS) is 21.0. The van der Waals surface area contributed by atoms with Crippen LogP contribution in [0.15, 0.2) is 0 Å². The Balaban J connectivity index is 2.39. The van der Waals surface area contributed by atoms with Crippen molar-refractivity contribution in [3.63, 3.8) is 0 Å². The number of hydrogen-bond acceptors (Lipinski definition) is 2. The highest BCUT2D eigenvalue weighted by atomic mass is 15.2. The third-order valence-electron chi connectivity index (χ3n) is 3.40. The zero-order valence-corrected chi connectivity index (χ0v) is 11.7. The summed E-state index contributed by atoms with van der Waals surface area (Å²) in [7, 11) is 0. The van der Waals surface area contributed by atoms with Crippen molar-refractivity contribution in [2.45, 2.75) is 71.4 Å². The van der Waals surface area contributed by atoms with Gasteiger partial charge < -0.3 is 5.32 Å². The van der Waals surface area contributed by atoms with Crippen molar-refractivity contribution in [3.05, 3.63) is 0 Å². The van der Waals surface area contributed by atoms with E-state index in [1.54, 1.807) is 0 Å². The van der Waals surface area contributed by atoms with Gasteiger partial charge in [-0.3, -0.25) is 4.90 Å². The molecule has 1 rings (SSSR count). The summed E-state index contributed by atoms with van der Waals surface area (Å²) in [5, 5.41) is 3.66. The van der Waals surface area contributed by atoms with Crippen LogP contribution in [0.4, 0.5) is 0 Å². The molecule has 1 atom stereocenters. The van der Waals surface area contributed by atoms with Gasteiger partial charge in [0.25, 0.3) is 0 Å². The average molecular weight is 226 g/mol. The molecule has 1 fully saturated rings. The van der Waals surface area contributed by atoms with Crippen molar-refractivity contribution < 1.29 is 0 Å². The lowest BCUT2D eigenvalue weighted by Crippen LogP contribution is -2.49. The van der Waals surface area contributed by atoms with Crippen LogP contribution in [0.5, 0.6) is 0 Å². The van der Waals surface area contributed by atoms with Crippen LogP contribution in [-0.2, 0) is 0 Å². The van der Waals surface area contributed by atoms with E-state index in [-0.39, 0.29) is 5.54 Å². The van der Waals surface area contributed by atoms with Crippen molar-refractivity contribution in [1.82, 2.24) is 10.2 Å². The van der Waals surface area contributed by atoms with Gasteiger partial charge in [-0.1, -0.05) is 19.8 Å². The third kappa shape index (κ3) is 5.31. The minimum atomic E-state index is 0.252. The Morgan fingerprint density at radius 1 is 1.12 bits per heavy atom. The second-order valence-electron chi connectivity index (χ2n) is 6.17. The molecule has 0 bridgehead atoms. The van der Waals surface area contributed by atoms with Gasteiger partial charge in [-0.05, 0) is 53.1 Å². The quantitative estimate of drug-likeness (QED) is 0.775. The van der Waals surface area contributed by atoms with Crippen LogP contribution in [0.2, 0.25) is 0 Å². The van der Waals surface area contributed by atoms with E-state index >= 15 is 0 Å². The van der Waals surface area contributed by atoms with E-state index in [0.29, 0.717) is 0 Å². The molecule has 0 aromatic carbocycles. The van der Waals surface area contributed by atoms with Crippen LogP contribution in [0.25, 0.3) is 0 Å². The Labute approximate surface area is 102 Å². The summed E-state index contributed by atoms with van der Waals surface area (Å²) in [5.74, 6) is 0. The minimum absolute atomic E-state index is 0.252. The van der Waals surface area contributed by atoms with Gasteiger partial charge >= 0.3 is 0 Å². The Hall–Kier alpha value is -0.0800. The molecule has 0 aromatic rings. The lowest BCUT2D eigenvalue weighted by Gasteiger charge is -2.36. The van der Waals surface area contributed by atoms with E-state index in [0.717, 1.165) is 12.6 Å². The first-order valence-corrected chi connectivity index (χ1v) is 7.02. The highest BCUT2D eigenvalue weighted by Crippen LogP contribution is 2.15. The maximum absolute atomic E-state index is 3.66. The van der Waals surface area contributed by atoms with Crippen LogP contribution in [-0.4, -0.2) is 36.1 Å². The molecule has 16 heavy (non-hydrogen) atoms. The van der Waals surface area contributed by atoms with Crippen molar-refractivity contribution >= 4 is 0 Å². The Bertz CT molecular complexity index is 178. The van der Waals surface area contributed by atoms with Crippen molar-refractivity contribution in [1.29, 1.82) is 0 Å². The van der Waals surface area contributed by atoms with E-state index in [1.807, 2.05) is 0 Å². The fourth-order valence-electron chi connectivity index (χ4n) is 2.45. The van der Waals surface area contributed by atoms with E-state index < -0.39 is 0 Å². The summed E-state index contributed by atoms with van der Waals surface area (Å²) < 4.78 is 0. The third-order valence-corrected chi connectivity index (χ3v) is 3.40. The number of piperidine rings is 1. The van der Waals surface area contributed by atoms with Gasteiger partial charge in [0, 0.05) is 18.1 Å². The zero-order valence-electron chi connectivity index (χ0n) is 11.7. The molecule has 96 valence electrons. The van der Waals surface area contributed by atoms with Crippen LogP contribution >= 0.6 is 0 Å². The molecule has 1 aliphatic heterocycles. The zero-order chi connectivity index (χ0) is 12.0. The molecule has 2 heteroatoms.